The quantitative estimate of drug-likeness (QED) is 0.733. The topological polar surface area (TPSA) is 56.5 Å². The van der Waals surface area contributed by atoms with Crippen molar-refractivity contribution in [3.8, 4) is 5.75 Å². The molecule has 0 unspecified atom stereocenters. The SMILES string of the molecule is COCCC(C)(C)CNc1ccc(OC)cc1N. The van der Waals surface area contributed by atoms with Crippen molar-refractivity contribution < 1.29 is 9.47 Å². The summed E-state index contributed by atoms with van der Waals surface area (Å²) in [6.45, 7) is 6.04. The van der Waals surface area contributed by atoms with Crippen LogP contribution in [0, 0.1) is 5.41 Å². The molecule has 4 heteroatoms. The average molecular weight is 252 g/mol. The van der Waals surface area contributed by atoms with Crippen LogP contribution in [0.5, 0.6) is 5.75 Å². The van der Waals surface area contributed by atoms with Gasteiger partial charge in [-0.25, -0.2) is 0 Å². The smallest absolute Gasteiger partial charge is 0.121 e. The molecular formula is C14H24N2O2. The van der Waals surface area contributed by atoms with Crippen LogP contribution < -0.4 is 15.8 Å². The van der Waals surface area contributed by atoms with Crippen LogP contribution in [0.25, 0.3) is 0 Å². The minimum Gasteiger partial charge on any atom is -0.497 e. The van der Waals surface area contributed by atoms with Crippen molar-refractivity contribution in [2.75, 3.05) is 38.4 Å². The second-order valence-corrected chi connectivity index (χ2v) is 5.21. The Bertz CT molecular complexity index is 378. The highest BCUT2D eigenvalue weighted by atomic mass is 16.5. The van der Waals surface area contributed by atoms with Crippen molar-refractivity contribution in [2.45, 2.75) is 20.3 Å². The monoisotopic (exact) mass is 252 g/mol. The van der Waals surface area contributed by atoms with Crippen LogP contribution in [0.2, 0.25) is 0 Å². The third-order valence-electron chi connectivity index (χ3n) is 3.00. The van der Waals surface area contributed by atoms with Gasteiger partial charge in [0.05, 0.1) is 18.5 Å². The average Bonchev–Trinajstić information content (AvgIpc) is 2.35. The molecule has 0 atom stereocenters. The lowest BCUT2D eigenvalue weighted by Crippen LogP contribution is -2.24. The van der Waals surface area contributed by atoms with Gasteiger partial charge in [0.25, 0.3) is 0 Å². The van der Waals surface area contributed by atoms with E-state index in [2.05, 4.69) is 19.2 Å². The van der Waals surface area contributed by atoms with Crippen molar-refractivity contribution in [3.05, 3.63) is 18.2 Å². The highest BCUT2D eigenvalue weighted by Crippen LogP contribution is 2.26. The number of nitrogens with one attached hydrogen (secondary N) is 1. The van der Waals surface area contributed by atoms with Crippen LogP contribution in [-0.2, 0) is 4.74 Å². The highest BCUT2D eigenvalue weighted by Gasteiger charge is 2.17. The summed E-state index contributed by atoms with van der Waals surface area (Å²) in [6, 6.07) is 5.67. The first-order valence-electron chi connectivity index (χ1n) is 6.15. The Morgan fingerprint density at radius 1 is 1.28 bits per heavy atom. The Morgan fingerprint density at radius 2 is 2.00 bits per heavy atom. The molecule has 0 aliphatic heterocycles. The number of ether oxygens (including phenoxy) is 2. The molecule has 0 heterocycles. The molecular weight excluding hydrogens is 228 g/mol. The Hall–Kier alpha value is -1.42. The van der Waals surface area contributed by atoms with Gasteiger partial charge in [0.15, 0.2) is 0 Å². The summed E-state index contributed by atoms with van der Waals surface area (Å²) in [6.07, 6.45) is 1.01. The van der Waals surface area contributed by atoms with E-state index in [-0.39, 0.29) is 5.41 Å². The van der Waals surface area contributed by atoms with Gasteiger partial charge in [-0.3, -0.25) is 0 Å². The molecule has 0 radical (unpaired) electrons. The van der Waals surface area contributed by atoms with E-state index < -0.39 is 0 Å². The Morgan fingerprint density at radius 3 is 2.56 bits per heavy atom. The zero-order chi connectivity index (χ0) is 13.6. The molecule has 4 nitrogen and oxygen atoms in total. The predicted molar refractivity (Wildman–Crippen MR) is 76.2 cm³/mol. The van der Waals surface area contributed by atoms with E-state index in [1.165, 1.54) is 0 Å². The number of anilines is 2. The predicted octanol–water partition coefficient (Wildman–Crippen LogP) is 2.75. The molecule has 1 rings (SSSR count). The molecule has 0 aliphatic carbocycles. The first-order valence-corrected chi connectivity index (χ1v) is 6.15. The van der Waals surface area contributed by atoms with Crippen LogP contribution >= 0.6 is 0 Å². The molecule has 0 spiro atoms. The minimum atomic E-state index is 0.169. The van der Waals surface area contributed by atoms with Crippen LogP contribution in [0.1, 0.15) is 20.3 Å². The van der Waals surface area contributed by atoms with Crippen molar-refractivity contribution in [3.63, 3.8) is 0 Å². The number of rotatable bonds is 7. The Labute approximate surface area is 109 Å². The van der Waals surface area contributed by atoms with Gasteiger partial charge < -0.3 is 20.5 Å². The van der Waals surface area contributed by atoms with Crippen LogP contribution in [-0.4, -0.2) is 27.4 Å². The maximum atomic E-state index is 5.96. The number of methoxy groups -OCH3 is 2. The van der Waals surface area contributed by atoms with Crippen LogP contribution in [0.3, 0.4) is 0 Å². The van der Waals surface area contributed by atoms with Gasteiger partial charge in [0.1, 0.15) is 5.75 Å². The van der Waals surface area contributed by atoms with Crippen LogP contribution in [0.15, 0.2) is 18.2 Å². The standard InChI is InChI=1S/C14H24N2O2/c1-14(2,7-8-17-3)10-16-13-6-5-11(18-4)9-12(13)15/h5-6,9,16H,7-8,10,15H2,1-4H3. The lowest BCUT2D eigenvalue weighted by molar-refractivity contribution is 0.157. The van der Waals surface area contributed by atoms with Crippen molar-refractivity contribution in [1.82, 2.24) is 0 Å². The van der Waals surface area contributed by atoms with Crippen molar-refractivity contribution in [1.29, 1.82) is 0 Å². The fraction of sp³-hybridized carbons (Fsp3) is 0.571. The Balaban J connectivity index is 2.57. The number of hydrogen-bond acceptors (Lipinski definition) is 4. The second kappa shape index (κ2) is 6.50. The summed E-state index contributed by atoms with van der Waals surface area (Å²) >= 11 is 0. The van der Waals surface area contributed by atoms with E-state index >= 15 is 0 Å². The first kappa shape index (κ1) is 14.6. The molecule has 18 heavy (non-hydrogen) atoms. The van der Waals surface area contributed by atoms with Gasteiger partial charge in [-0.1, -0.05) is 13.8 Å². The summed E-state index contributed by atoms with van der Waals surface area (Å²) in [5.74, 6) is 0.775. The molecule has 102 valence electrons. The third-order valence-corrected chi connectivity index (χ3v) is 3.00. The van der Waals surface area contributed by atoms with Gasteiger partial charge in [-0.2, -0.15) is 0 Å². The summed E-state index contributed by atoms with van der Waals surface area (Å²) in [4.78, 5) is 0. The summed E-state index contributed by atoms with van der Waals surface area (Å²) in [7, 11) is 3.36. The summed E-state index contributed by atoms with van der Waals surface area (Å²) < 4.78 is 10.2. The fourth-order valence-electron chi connectivity index (χ4n) is 1.63. The molecule has 3 N–H and O–H groups in total. The van der Waals surface area contributed by atoms with E-state index in [0.717, 1.165) is 31.0 Å². The van der Waals surface area contributed by atoms with Gasteiger partial charge in [-0.15, -0.1) is 0 Å². The van der Waals surface area contributed by atoms with Crippen LogP contribution in [0.4, 0.5) is 11.4 Å². The first-order chi connectivity index (χ1) is 8.48. The van der Waals surface area contributed by atoms with Crippen molar-refractivity contribution >= 4 is 11.4 Å². The number of benzene rings is 1. The van der Waals surface area contributed by atoms with Crippen molar-refractivity contribution in [2.24, 2.45) is 5.41 Å². The minimum absolute atomic E-state index is 0.169. The Kier molecular flexibility index (Phi) is 5.28. The maximum absolute atomic E-state index is 5.96. The molecule has 0 fully saturated rings. The van der Waals surface area contributed by atoms with Gasteiger partial charge >= 0.3 is 0 Å². The molecule has 0 amide bonds. The number of nitrogen functional groups attached to an aromatic ring is 1. The highest BCUT2D eigenvalue weighted by molar-refractivity contribution is 5.68. The lowest BCUT2D eigenvalue weighted by Gasteiger charge is -2.25. The van der Waals surface area contributed by atoms with Gasteiger partial charge in [0, 0.05) is 26.3 Å². The molecule has 0 aromatic heterocycles. The number of hydrogen-bond donors (Lipinski definition) is 2. The van der Waals surface area contributed by atoms with E-state index in [1.54, 1.807) is 14.2 Å². The van der Waals surface area contributed by atoms with E-state index in [1.807, 2.05) is 18.2 Å². The maximum Gasteiger partial charge on any atom is 0.121 e. The normalized spacial score (nSPS) is 11.3. The van der Waals surface area contributed by atoms with E-state index in [4.69, 9.17) is 15.2 Å². The summed E-state index contributed by atoms with van der Waals surface area (Å²) in [5, 5.41) is 3.38. The zero-order valence-electron chi connectivity index (χ0n) is 11.7. The van der Waals surface area contributed by atoms with Gasteiger partial charge in [-0.05, 0) is 24.0 Å². The molecule has 1 aromatic rings. The molecule has 0 aliphatic rings. The zero-order valence-corrected chi connectivity index (χ0v) is 11.7. The molecule has 0 saturated heterocycles. The van der Waals surface area contributed by atoms with E-state index in [0.29, 0.717) is 5.69 Å². The fourth-order valence-corrected chi connectivity index (χ4v) is 1.63. The lowest BCUT2D eigenvalue weighted by atomic mass is 9.89. The molecule has 0 saturated carbocycles. The largest absolute Gasteiger partial charge is 0.497 e. The van der Waals surface area contributed by atoms with Gasteiger partial charge in [0.2, 0.25) is 0 Å². The molecule has 1 aromatic carbocycles. The molecule has 0 bridgehead atoms. The van der Waals surface area contributed by atoms with E-state index in [9.17, 15) is 0 Å². The summed E-state index contributed by atoms with van der Waals surface area (Å²) in [5.41, 5.74) is 7.78. The number of nitrogens with two attached hydrogens (primary N) is 1. The third kappa shape index (κ3) is 4.45. The second-order valence-electron chi connectivity index (χ2n) is 5.21.